The van der Waals surface area contributed by atoms with Gasteiger partial charge in [-0.15, -0.1) is 0 Å². The van der Waals surface area contributed by atoms with E-state index in [0.29, 0.717) is 0 Å². The van der Waals surface area contributed by atoms with Crippen LogP contribution in [0.1, 0.15) is 6.92 Å². The van der Waals surface area contributed by atoms with Gasteiger partial charge in [0.1, 0.15) is 6.10 Å². The minimum atomic E-state index is -1.14. The topological polar surface area (TPSA) is 69.9 Å². The Morgan fingerprint density at radius 1 is 1.50 bits per heavy atom. The Bertz CT molecular complexity index is 83.7. The van der Waals surface area contributed by atoms with Crippen LogP contribution in [-0.2, 0) is 4.65 Å². The second-order valence-electron chi connectivity index (χ2n) is 2.09. The zero-order valence-electron chi connectivity index (χ0n) is 5.77. The second-order valence-corrected chi connectivity index (χ2v) is 2.09. The van der Waals surface area contributed by atoms with Crippen LogP contribution in [-0.4, -0.2) is 48.3 Å². The standard InChI is InChI=1S/C5H11BO4/c1-3(8)5(9)4(2-7)10-6/h3-5,7-9H,2H2,1H3. The highest BCUT2D eigenvalue weighted by atomic mass is 16.5. The molecule has 0 aromatic carbocycles. The number of hydrogen-bond acceptors (Lipinski definition) is 4. The first kappa shape index (κ1) is 9.90. The molecule has 0 saturated heterocycles. The Kier molecular flexibility index (Phi) is 4.63. The molecule has 0 amide bonds. The molecule has 10 heavy (non-hydrogen) atoms. The average Bonchev–Trinajstić information content (AvgIpc) is 1.90. The first-order chi connectivity index (χ1) is 4.63. The first-order valence-electron chi connectivity index (χ1n) is 2.96. The summed E-state index contributed by atoms with van der Waals surface area (Å²) in [5.41, 5.74) is 0. The maximum atomic E-state index is 8.97. The monoisotopic (exact) mass is 146 g/mol. The molecule has 2 radical (unpaired) electrons. The third-order valence-corrected chi connectivity index (χ3v) is 1.23. The summed E-state index contributed by atoms with van der Waals surface area (Å²) < 4.78 is 4.16. The summed E-state index contributed by atoms with van der Waals surface area (Å²) in [4.78, 5) is 0. The van der Waals surface area contributed by atoms with Crippen molar-refractivity contribution in [1.29, 1.82) is 0 Å². The summed E-state index contributed by atoms with van der Waals surface area (Å²) in [7, 11) is 4.69. The van der Waals surface area contributed by atoms with Gasteiger partial charge < -0.3 is 20.0 Å². The summed E-state index contributed by atoms with van der Waals surface area (Å²) in [6.45, 7) is 0.967. The van der Waals surface area contributed by atoms with Crippen molar-refractivity contribution >= 4 is 8.05 Å². The zero-order chi connectivity index (χ0) is 8.15. The van der Waals surface area contributed by atoms with E-state index in [4.69, 9.17) is 23.4 Å². The van der Waals surface area contributed by atoms with Crippen LogP contribution < -0.4 is 0 Å². The molecular formula is C5H11BO4. The predicted octanol–water partition coefficient (Wildman–Crippen LogP) is -1.81. The molecule has 3 unspecified atom stereocenters. The van der Waals surface area contributed by atoms with E-state index >= 15 is 0 Å². The van der Waals surface area contributed by atoms with Crippen LogP contribution in [0.25, 0.3) is 0 Å². The quantitative estimate of drug-likeness (QED) is 0.409. The van der Waals surface area contributed by atoms with Crippen molar-refractivity contribution < 1.29 is 20.0 Å². The molecule has 3 N–H and O–H groups in total. The Morgan fingerprint density at radius 3 is 2.10 bits per heavy atom. The highest BCUT2D eigenvalue weighted by Crippen LogP contribution is 2.01. The molecule has 3 atom stereocenters. The van der Waals surface area contributed by atoms with Crippen LogP contribution in [0.3, 0.4) is 0 Å². The summed E-state index contributed by atoms with van der Waals surface area (Å²) in [5, 5.41) is 26.2. The average molecular weight is 146 g/mol. The largest absolute Gasteiger partial charge is 0.440 e. The normalized spacial score (nSPS) is 20.0. The van der Waals surface area contributed by atoms with E-state index in [0.717, 1.165) is 0 Å². The van der Waals surface area contributed by atoms with Gasteiger partial charge in [-0.3, -0.25) is 0 Å². The third-order valence-electron chi connectivity index (χ3n) is 1.23. The first-order valence-corrected chi connectivity index (χ1v) is 2.96. The van der Waals surface area contributed by atoms with Gasteiger partial charge in [-0.2, -0.15) is 0 Å². The molecule has 0 saturated carbocycles. The van der Waals surface area contributed by atoms with Gasteiger partial charge in [-0.1, -0.05) is 0 Å². The molecule has 0 bridgehead atoms. The Balaban J connectivity index is 3.76. The van der Waals surface area contributed by atoms with Crippen molar-refractivity contribution in [2.75, 3.05) is 6.61 Å². The lowest BCUT2D eigenvalue weighted by Gasteiger charge is -2.21. The van der Waals surface area contributed by atoms with Gasteiger partial charge in [0, 0.05) is 0 Å². The van der Waals surface area contributed by atoms with Gasteiger partial charge in [0.15, 0.2) is 0 Å². The highest BCUT2D eigenvalue weighted by molar-refractivity contribution is 5.98. The second kappa shape index (κ2) is 4.68. The number of aliphatic hydroxyl groups excluding tert-OH is 3. The molecule has 58 valence electrons. The van der Waals surface area contributed by atoms with E-state index in [-0.39, 0.29) is 0 Å². The molecular weight excluding hydrogens is 135 g/mol. The van der Waals surface area contributed by atoms with Crippen LogP contribution in [0, 0.1) is 0 Å². The molecule has 0 aliphatic carbocycles. The van der Waals surface area contributed by atoms with Gasteiger partial charge in [-0.05, 0) is 6.92 Å². The molecule has 0 aliphatic heterocycles. The van der Waals surface area contributed by atoms with Crippen molar-refractivity contribution in [3.63, 3.8) is 0 Å². The molecule has 4 nitrogen and oxygen atoms in total. The summed E-state index contributed by atoms with van der Waals surface area (Å²) in [6, 6.07) is 0. The van der Waals surface area contributed by atoms with Crippen molar-refractivity contribution in [2.45, 2.75) is 25.2 Å². The Morgan fingerprint density at radius 2 is 2.00 bits per heavy atom. The van der Waals surface area contributed by atoms with E-state index in [2.05, 4.69) is 4.65 Å². The van der Waals surface area contributed by atoms with Crippen LogP contribution in [0.5, 0.6) is 0 Å². The van der Waals surface area contributed by atoms with Crippen molar-refractivity contribution in [3.05, 3.63) is 0 Å². The van der Waals surface area contributed by atoms with Gasteiger partial charge in [-0.25, -0.2) is 0 Å². The summed E-state index contributed by atoms with van der Waals surface area (Å²) in [6.07, 6.45) is -3.02. The molecule has 5 heteroatoms. The van der Waals surface area contributed by atoms with Crippen LogP contribution in [0.2, 0.25) is 0 Å². The van der Waals surface area contributed by atoms with E-state index in [1.807, 2.05) is 0 Å². The van der Waals surface area contributed by atoms with Crippen LogP contribution in [0.15, 0.2) is 0 Å². The fraction of sp³-hybridized carbons (Fsp3) is 1.00. The van der Waals surface area contributed by atoms with E-state index in [9.17, 15) is 0 Å². The molecule has 0 spiro atoms. The van der Waals surface area contributed by atoms with E-state index in [1.54, 1.807) is 0 Å². The molecule has 0 fully saturated rings. The minimum Gasteiger partial charge on any atom is -0.440 e. The highest BCUT2D eigenvalue weighted by Gasteiger charge is 2.21. The Labute approximate surface area is 60.9 Å². The number of rotatable bonds is 4. The fourth-order valence-corrected chi connectivity index (χ4v) is 0.542. The van der Waals surface area contributed by atoms with Gasteiger partial charge in [0.25, 0.3) is 8.05 Å². The molecule has 0 aromatic heterocycles. The molecule has 0 heterocycles. The maximum absolute atomic E-state index is 8.97. The van der Waals surface area contributed by atoms with Crippen LogP contribution in [0.4, 0.5) is 0 Å². The predicted molar refractivity (Wildman–Crippen MR) is 35.4 cm³/mol. The van der Waals surface area contributed by atoms with Crippen LogP contribution >= 0.6 is 0 Å². The number of aliphatic hydroxyl groups is 3. The zero-order valence-corrected chi connectivity index (χ0v) is 5.77. The van der Waals surface area contributed by atoms with Gasteiger partial charge in [0.05, 0.1) is 18.8 Å². The Hall–Kier alpha value is -0.0951. The lowest BCUT2D eigenvalue weighted by atomic mass is 10.1. The van der Waals surface area contributed by atoms with Crippen molar-refractivity contribution in [1.82, 2.24) is 0 Å². The molecule has 0 rings (SSSR count). The smallest absolute Gasteiger partial charge is 0.283 e. The lowest BCUT2D eigenvalue weighted by molar-refractivity contribution is -0.0565. The summed E-state index contributed by atoms with van der Waals surface area (Å²) >= 11 is 0. The van der Waals surface area contributed by atoms with Crippen molar-refractivity contribution in [2.24, 2.45) is 0 Å². The third kappa shape index (κ3) is 2.66. The van der Waals surface area contributed by atoms with Gasteiger partial charge >= 0.3 is 0 Å². The van der Waals surface area contributed by atoms with Crippen molar-refractivity contribution in [3.8, 4) is 0 Å². The number of hydrogen-bond donors (Lipinski definition) is 3. The fourth-order valence-electron chi connectivity index (χ4n) is 0.542. The van der Waals surface area contributed by atoms with E-state index in [1.165, 1.54) is 6.92 Å². The van der Waals surface area contributed by atoms with E-state index < -0.39 is 24.9 Å². The molecule has 0 aliphatic rings. The SMILES string of the molecule is [B]OC(CO)C(O)C(C)O. The van der Waals surface area contributed by atoms with Gasteiger partial charge in [0.2, 0.25) is 0 Å². The maximum Gasteiger partial charge on any atom is 0.283 e. The minimum absolute atomic E-state index is 0.414. The summed E-state index contributed by atoms with van der Waals surface area (Å²) in [5.74, 6) is 0. The lowest BCUT2D eigenvalue weighted by Crippen LogP contribution is -2.39. The molecule has 0 aromatic rings.